The molecule has 2 saturated heterocycles. The number of hydrogen-bond acceptors (Lipinski definition) is 12. The quantitative estimate of drug-likeness (QED) is 0.0483. The topological polar surface area (TPSA) is 156 Å². The average molecular weight is 876 g/mol. The van der Waals surface area contributed by atoms with Crippen LogP contribution in [0.4, 0.5) is 5.82 Å². The molecule has 63 heavy (non-hydrogen) atoms. The van der Waals surface area contributed by atoms with Gasteiger partial charge in [-0.25, -0.2) is 9.46 Å². The van der Waals surface area contributed by atoms with E-state index in [1.54, 1.807) is 44.6 Å². The van der Waals surface area contributed by atoms with E-state index in [4.69, 9.17) is 32.7 Å². The molecule has 14 nitrogen and oxygen atoms in total. The Morgan fingerprint density at radius 1 is 0.889 bits per heavy atom. The van der Waals surface area contributed by atoms with Gasteiger partial charge in [0, 0.05) is 23.8 Å². The van der Waals surface area contributed by atoms with Crippen LogP contribution in [0, 0.1) is 11.3 Å². The van der Waals surface area contributed by atoms with E-state index in [0.717, 1.165) is 16.7 Å². The summed E-state index contributed by atoms with van der Waals surface area (Å²) in [7, 11) is 1.43. The second-order valence-corrected chi connectivity index (χ2v) is 17.3. The van der Waals surface area contributed by atoms with Gasteiger partial charge in [0.2, 0.25) is 0 Å². The summed E-state index contributed by atoms with van der Waals surface area (Å²) in [5.41, 5.74) is -0.352. The minimum absolute atomic E-state index is 0.000782. The van der Waals surface area contributed by atoms with Crippen molar-refractivity contribution in [1.82, 2.24) is 14.2 Å². The van der Waals surface area contributed by atoms with E-state index in [1.165, 1.54) is 10.8 Å². The molecule has 330 valence electrons. The molecule has 0 radical (unpaired) electrons. The zero-order chi connectivity index (χ0) is 44.7. The van der Waals surface area contributed by atoms with Crippen LogP contribution in [0.1, 0.15) is 74.3 Å². The molecule has 2 bridgehead atoms. The van der Waals surface area contributed by atoms with Gasteiger partial charge >= 0.3 is 5.69 Å². The number of carbonyl (C=O) groups excluding carboxylic acids is 1. The number of nitriles is 1. The third-order valence-corrected chi connectivity index (χ3v) is 13.5. The molecule has 3 heterocycles. The average Bonchev–Trinajstić information content (AvgIpc) is 3.73. The monoisotopic (exact) mass is 875 g/mol. The molecule has 1 aromatic heterocycles. The van der Waals surface area contributed by atoms with Gasteiger partial charge in [0.25, 0.3) is 14.4 Å². The lowest BCUT2D eigenvalue weighted by atomic mass is 9.79. The maximum atomic E-state index is 14.0. The van der Waals surface area contributed by atoms with Crippen LogP contribution in [0.25, 0.3) is 0 Å². The van der Waals surface area contributed by atoms with Gasteiger partial charge in [-0.15, -0.1) is 0 Å². The first-order valence-corrected chi connectivity index (χ1v) is 22.1. The van der Waals surface area contributed by atoms with Gasteiger partial charge in [-0.2, -0.15) is 10.2 Å². The molecule has 1 N–H and O–H groups in total. The van der Waals surface area contributed by atoms with Gasteiger partial charge in [-0.05, 0) is 93.8 Å². The molecule has 6 atom stereocenters. The molecule has 0 spiro atoms. The number of aromatic nitrogens is 2. The van der Waals surface area contributed by atoms with Crippen LogP contribution in [-0.4, -0.2) is 83.6 Å². The number of amides is 1. The standard InChI is InChI=1S/C48H54N5O9P/c1-32(2)53(33(3)4)63(59-30-14-28-49)62-43-42-45(52-29-27-41(51-46(52)55)50-44(54)35-15-10-8-11-16-35)61-47(43,34(5)60-42)31-58-48(36-17-12-9-13-18-36,37-19-23-39(56-6)24-20-37)38-21-25-40(57-7)26-22-38/h8-13,15-27,29,32-34,42-43,45H,14,30-31H2,1-7H3,(H,50,51,54,55)/t34-,42-,43+,45-,47+,63?/m1/s1. The summed E-state index contributed by atoms with van der Waals surface area (Å²) in [4.78, 5) is 31.2. The fourth-order valence-corrected chi connectivity index (χ4v) is 10.1. The van der Waals surface area contributed by atoms with Crippen LogP contribution < -0.4 is 20.5 Å². The number of methoxy groups -OCH3 is 2. The predicted octanol–water partition coefficient (Wildman–Crippen LogP) is 8.24. The third-order valence-electron chi connectivity index (χ3n) is 11.4. The number of benzene rings is 4. The molecule has 5 aromatic rings. The van der Waals surface area contributed by atoms with Gasteiger partial charge in [-0.3, -0.25) is 9.36 Å². The van der Waals surface area contributed by atoms with E-state index in [2.05, 4.69) is 48.7 Å². The van der Waals surface area contributed by atoms with Crippen molar-refractivity contribution in [2.45, 2.75) is 88.9 Å². The lowest BCUT2D eigenvalue weighted by Gasteiger charge is -2.43. The number of nitrogens with one attached hydrogen (secondary N) is 1. The van der Waals surface area contributed by atoms with Gasteiger partial charge in [0.1, 0.15) is 40.7 Å². The molecule has 1 unspecified atom stereocenters. The molecular formula is C48H54N5O9P. The Bertz CT molecular complexity index is 2340. The van der Waals surface area contributed by atoms with Crippen molar-refractivity contribution in [3.63, 3.8) is 0 Å². The highest BCUT2D eigenvalue weighted by Gasteiger charge is 2.68. The molecule has 0 aliphatic carbocycles. The molecule has 1 amide bonds. The second-order valence-electron chi connectivity index (χ2n) is 15.9. The van der Waals surface area contributed by atoms with E-state index in [0.29, 0.717) is 17.1 Å². The zero-order valence-electron chi connectivity index (χ0n) is 36.5. The summed E-state index contributed by atoms with van der Waals surface area (Å²) in [6.45, 7) is 10.2. The van der Waals surface area contributed by atoms with E-state index >= 15 is 0 Å². The zero-order valence-corrected chi connectivity index (χ0v) is 37.4. The van der Waals surface area contributed by atoms with Crippen molar-refractivity contribution < 1.29 is 37.5 Å². The highest BCUT2D eigenvalue weighted by atomic mass is 31.2. The number of carbonyl (C=O) groups is 1. The van der Waals surface area contributed by atoms with E-state index in [1.807, 2.05) is 91.9 Å². The number of hydrogen-bond donors (Lipinski definition) is 1. The fraction of sp³-hybridized carbons (Fsp3) is 0.375. The Morgan fingerprint density at radius 2 is 1.46 bits per heavy atom. The number of fused-ring (bicyclic) bond motifs is 2. The Balaban J connectivity index is 1.33. The third kappa shape index (κ3) is 9.28. The number of nitrogens with zero attached hydrogens (tertiary/aromatic N) is 4. The molecule has 7 rings (SSSR count). The van der Waals surface area contributed by atoms with Gasteiger partial charge in [0.05, 0.1) is 46.0 Å². The van der Waals surface area contributed by atoms with E-state index in [9.17, 15) is 14.9 Å². The van der Waals surface area contributed by atoms with Crippen LogP contribution in [0.5, 0.6) is 11.5 Å². The minimum Gasteiger partial charge on any atom is -0.497 e. The summed E-state index contributed by atoms with van der Waals surface area (Å²) < 4.78 is 49.6. The molecule has 4 aromatic carbocycles. The Morgan fingerprint density at radius 3 is 2.00 bits per heavy atom. The lowest BCUT2D eigenvalue weighted by molar-refractivity contribution is -0.231. The number of rotatable bonds is 19. The number of ether oxygens (including phenoxy) is 5. The Labute approximate surface area is 369 Å². The maximum Gasteiger partial charge on any atom is 0.351 e. The SMILES string of the molecule is COc1ccc(C(OC[C@]23O[C@@H](n4ccc(NC(=O)c5ccccc5)nc4=O)[C@H](O[C@@H]2C)[C@@H]3OP(OCCC#N)N(C(C)C)C(C)C)(c2ccccc2)c2ccc(OC)cc2)cc1. The molecular weight excluding hydrogens is 822 g/mol. The highest BCUT2D eigenvalue weighted by Crippen LogP contribution is 2.58. The summed E-state index contributed by atoms with van der Waals surface area (Å²) in [6, 6.07) is 37.8. The van der Waals surface area contributed by atoms with Crippen molar-refractivity contribution in [2.75, 3.05) is 32.8 Å². The first-order chi connectivity index (χ1) is 30.4. The molecule has 2 aliphatic rings. The largest absolute Gasteiger partial charge is 0.497 e. The van der Waals surface area contributed by atoms with Crippen molar-refractivity contribution >= 4 is 20.3 Å². The number of anilines is 1. The van der Waals surface area contributed by atoms with Crippen molar-refractivity contribution in [1.29, 1.82) is 5.26 Å². The smallest absolute Gasteiger partial charge is 0.351 e. The van der Waals surface area contributed by atoms with E-state index in [-0.39, 0.29) is 37.5 Å². The lowest BCUT2D eigenvalue weighted by Crippen LogP contribution is -2.53. The second kappa shape index (κ2) is 19.9. The molecule has 0 saturated carbocycles. The molecule has 2 aliphatic heterocycles. The normalized spacial score (nSPS) is 21.1. The Kier molecular flexibility index (Phi) is 14.4. The Hall–Kier alpha value is -5.49. The minimum atomic E-state index is -1.82. The fourth-order valence-electron chi connectivity index (χ4n) is 8.34. The van der Waals surface area contributed by atoms with Crippen molar-refractivity contribution in [3.05, 3.63) is 154 Å². The van der Waals surface area contributed by atoms with Crippen LogP contribution in [0.2, 0.25) is 0 Å². The highest BCUT2D eigenvalue weighted by molar-refractivity contribution is 7.44. The first kappa shape index (κ1) is 45.5. The van der Waals surface area contributed by atoms with Gasteiger partial charge in [0.15, 0.2) is 6.23 Å². The van der Waals surface area contributed by atoms with Gasteiger partial charge in [-0.1, -0.05) is 72.8 Å². The van der Waals surface area contributed by atoms with E-state index < -0.39 is 55.9 Å². The summed E-state index contributed by atoms with van der Waals surface area (Å²) >= 11 is 0. The first-order valence-electron chi connectivity index (χ1n) is 21.0. The van der Waals surface area contributed by atoms with Crippen LogP contribution in [0.15, 0.2) is 126 Å². The van der Waals surface area contributed by atoms with Crippen molar-refractivity contribution in [2.24, 2.45) is 0 Å². The van der Waals surface area contributed by atoms with Gasteiger partial charge < -0.3 is 38.0 Å². The molecule has 15 heteroatoms. The molecule has 2 fully saturated rings. The van der Waals surface area contributed by atoms with Crippen molar-refractivity contribution in [3.8, 4) is 17.6 Å². The van der Waals surface area contributed by atoms with Crippen LogP contribution in [0.3, 0.4) is 0 Å². The summed E-state index contributed by atoms with van der Waals surface area (Å²) in [5.74, 6) is 1.04. The summed E-state index contributed by atoms with van der Waals surface area (Å²) in [5, 5.41) is 12.2. The summed E-state index contributed by atoms with van der Waals surface area (Å²) in [6.07, 6.45) is -1.63. The van der Waals surface area contributed by atoms with Crippen LogP contribution >= 0.6 is 8.53 Å². The predicted molar refractivity (Wildman–Crippen MR) is 238 cm³/mol. The maximum absolute atomic E-state index is 14.0. The van der Waals surface area contributed by atoms with Crippen LogP contribution in [-0.2, 0) is 28.9 Å².